The van der Waals surface area contributed by atoms with Crippen molar-refractivity contribution in [1.82, 2.24) is 4.90 Å². The second-order valence-electron chi connectivity index (χ2n) is 7.89. The van der Waals surface area contributed by atoms with Gasteiger partial charge in [-0.25, -0.2) is 0 Å². The minimum absolute atomic E-state index is 0.0770. The van der Waals surface area contributed by atoms with E-state index in [4.69, 9.17) is 15.2 Å². The predicted molar refractivity (Wildman–Crippen MR) is 87.3 cm³/mol. The molecule has 0 aliphatic carbocycles. The molecule has 1 aromatic rings. The first kappa shape index (κ1) is 15.9. The number of rotatable bonds is 3. The summed E-state index contributed by atoms with van der Waals surface area (Å²) in [4.78, 5) is 2.40. The standard InChI is InChI=1S/C18H28N2O2/c1-16(2)13-21-18(22-14-16)12-20(11-17(18,3)10-19)9-15-7-5-4-6-8-15/h4-8H,9-14,19H2,1-3H3. The SMILES string of the molecule is CC1(C)COC2(CN(Cc3ccccc3)CC2(C)CN)OC1. The lowest BCUT2D eigenvalue weighted by Gasteiger charge is -2.48. The number of benzene rings is 1. The zero-order valence-electron chi connectivity index (χ0n) is 14.0. The maximum absolute atomic E-state index is 6.27. The number of nitrogens with two attached hydrogens (primary N) is 1. The van der Waals surface area contributed by atoms with Gasteiger partial charge in [-0.15, -0.1) is 0 Å². The van der Waals surface area contributed by atoms with Gasteiger partial charge in [-0.1, -0.05) is 51.1 Å². The summed E-state index contributed by atoms with van der Waals surface area (Å²) < 4.78 is 12.5. The van der Waals surface area contributed by atoms with Gasteiger partial charge in [0.25, 0.3) is 0 Å². The fourth-order valence-electron chi connectivity index (χ4n) is 3.48. The number of ether oxygens (including phenoxy) is 2. The Bertz CT molecular complexity index is 507. The molecule has 2 heterocycles. The number of nitrogens with zero attached hydrogens (tertiary/aromatic N) is 1. The van der Waals surface area contributed by atoms with Gasteiger partial charge in [-0.3, -0.25) is 4.90 Å². The van der Waals surface area contributed by atoms with E-state index in [0.29, 0.717) is 6.54 Å². The molecule has 0 saturated carbocycles. The van der Waals surface area contributed by atoms with Gasteiger partial charge in [0.05, 0.1) is 19.8 Å². The Morgan fingerprint density at radius 2 is 1.68 bits per heavy atom. The van der Waals surface area contributed by atoms with E-state index in [1.807, 2.05) is 0 Å². The highest BCUT2D eigenvalue weighted by Crippen LogP contribution is 2.46. The van der Waals surface area contributed by atoms with Gasteiger partial charge in [-0.2, -0.15) is 0 Å². The molecule has 0 amide bonds. The van der Waals surface area contributed by atoms with Gasteiger partial charge in [0, 0.05) is 30.5 Å². The van der Waals surface area contributed by atoms with Crippen LogP contribution in [0, 0.1) is 10.8 Å². The Labute approximate surface area is 133 Å². The van der Waals surface area contributed by atoms with Crippen molar-refractivity contribution in [2.45, 2.75) is 33.1 Å². The minimum atomic E-state index is -0.563. The van der Waals surface area contributed by atoms with Crippen LogP contribution >= 0.6 is 0 Å². The minimum Gasteiger partial charge on any atom is -0.347 e. The van der Waals surface area contributed by atoms with Crippen LogP contribution in [0.4, 0.5) is 0 Å². The van der Waals surface area contributed by atoms with E-state index in [2.05, 4.69) is 56.0 Å². The maximum Gasteiger partial charge on any atom is 0.188 e. The van der Waals surface area contributed by atoms with E-state index in [9.17, 15) is 0 Å². The first-order chi connectivity index (χ1) is 10.4. The van der Waals surface area contributed by atoms with E-state index >= 15 is 0 Å². The molecule has 1 aromatic carbocycles. The smallest absolute Gasteiger partial charge is 0.188 e. The summed E-state index contributed by atoms with van der Waals surface area (Å²) >= 11 is 0. The summed E-state index contributed by atoms with van der Waals surface area (Å²) in [5, 5.41) is 0. The summed E-state index contributed by atoms with van der Waals surface area (Å²) in [6.45, 7) is 11.2. The van der Waals surface area contributed by atoms with Crippen LogP contribution in [0.5, 0.6) is 0 Å². The lowest BCUT2D eigenvalue weighted by Crippen LogP contribution is -2.59. The molecule has 3 rings (SSSR count). The Balaban J connectivity index is 1.76. The summed E-state index contributed by atoms with van der Waals surface area (Å²) in [6.07, 6.45) is 0. The van der Waals surface area contributed by atoms with Gasteiger partial charge >= 0.3 is 0 Å². The van der Waals surface area contributed by atoms with Crippen LogP contribution in [0.15, 0.2) is 30.3 Å². The zero-order chi connectivity index (χ0) is 15.8. The van der Waals surface area contributed by atoms with Crippen LogP contribution in [0.3, 0.4) is 0 Å². The van der Waals surface area contributed by atoms with Crippen molar-refractivity contribution < 1.29 is 9.47 Å². The highest BCUT2D eigenvalue weighted by atomic mass is 16.7. The average Bonchev–Trinajstić information content (AvgIpc) is 2.77. The van der Waals surface area contributed by atoms with Gasteiger partial charge in [0.15, 0.2) is 5.79 Å². The molecule has 2 aliphatic heterocycles. The molecule has 22 heavy (non-hydrogen) atoms. The van der Waals surface area contributed by atoms with Gasteiger partial charge in [-0.05, 0) is 5.56 Å². The molecule has 0 radical (unpaired) electrons. The second-order valence-corrected chi connectivity index (χ2v) is 7.89. The summed E-state index contributed by atoms with van der Waals surface area (Å²) in [5.74, 6) is -0.563. The van der Waals surface area contributed by atoms with Crippen molar-refractivity contribution in [3.63, 3.8) is 0 Å². The third-order valence-electron chi connectivity index (χ3n) is 5.02. The molecule has 1 spiro atoms. The van der Waals surface area contributed by atoms with Crippen LogP contribution in [0.25, 0.3) is 0 Å². The quantitative estimate of drug-likeness (QED) is 0.930. The molecule has 2 N–H and O–H groups in total. The number of hydrogen-bond acceptors (Lipinski definition) is 4. The van der Waals surface area contributed by atoms with Crippen molar-refractivity contribution in [2.75, 3.05) is 32.8 Å². The van der Waals surface area contributed by atoms with Crippen LogP contribution in [0.1, 0.15) is 26.3 Å². The predicted octanol–water partition coefficient (Wildman–Crippen LogP) is 2.24. The second kappa shape index (κ2) is 5.60. The molecule has 2 aliphatic rings. The van der Waals surface area contributed by atoms with E-state index in [1.54, 1.807) is 0 Å². The fourth-order valence-corrected chi connectivity index (χ4v) is 3.48. The molecule has 0 aromatic heterocycles. The van der Waals surface area contributed by atoms with Crippen LogP contribution < -0.4 is 5.73 Å². The highest BCUT2D eigenvalue weighted by molar-refractivity contribution is 5.16. The van der Waals surface area contributed by atoms with E-state index in [0.717, 1.165) is 32.8 Å². The Kier molecular flexibility index (Phi) is 4.06. The fraction of sp³-hybridized carbons (Fsp3) is 0.667. The first-order valence-electron chi connectivity index (χ1n) is 8.12. The number of likely N-dealkylation sites (tertiary alicyclic amines) is 1. The van der Waals surface area contributed by atoms with E-state index < -0.39 is 5.79 Å². The van der Waals surface area contributed by atoms with Crippen molar-refractivity contribution >= 4 is 0 Å². The van der Waals surface area contributed by atoms with Crippen LogP contribution in [-0.2, 0) is 16.0 Å². The van der Waals surface area contributed by atoms with E-state index in [1.165, 1.54) is 5.56 Å². The van der Waals surface area contributed by atoms with Crippen LogP contribution in [0.2, 0.25) is 0 Å². The molecule has 2 saturated heterocycles. The maximum atomic E-state index is 6.27. The average molecular weight is 304 g/mol. The van der Waals surface area contributed by atoms with Gasteiger partial charge in [0.1, 0.15) is 0 Å². The lowest BCUT2D eigenvalue weighted by molar-refractivity contribution is -0.326. The Morgan fingerprint density at radius 1 is 1.05 bits per heavy atom. The van der Waals surface area contributed by atoms with Crippen molar-refractivity contribution in [1.29, 1.82) is 0 Å². The third-order valence-corrected chi connectivity index (χ3v) is 5.02. The molecular formula is C18H28N2O2. The topological polar surface area (TPSA) is 47.7 Å². The van der Waals surface area contributed by atoms with Crippen LogP contribution in [-0.4, -0.2) is 43.5 Å². The molecule has 1 unspecified atom stereocenters. The van der Waals surface area contributed by atoms with E-state index in [-0.39, 0.29) is 10.8 Å². The Morgan fingerprint density at radius 3 is 2.27 bits per heavy atom. The molecule has 4 nitrogen and oxygen atoms in total. The molecule has 2 fully saturated rings. The molecule has 1 atom stereocenters. The summed E-state index contributed by atoms with van der Waals surface area (Å²) in [5.41, 5.74) is 7.33. The Hall–Kier alpha value is -0.940. The van der Waals surface area contributed by atoms with Gasteiger partial charge < -0.3 is 15.2 Å². The molecule has 4 heteroatoms. The van der Waals surface area contributed by atoms with Crippen molar-refractivity contribution in [3.05, 3.63) is 35.9 Å². The number of hydrogen-bond donors (Lipinski definition) is 1. The van der Waals surface area contributed by atoms with Gasteiger partial charge in [0.2, 0.25) is 0 Å². The lowest BCUT2D eigenvalue weighted by atomic mass is 9.82. The summed E-state index contributed by atoms with van der Waals surface area (Å²) in [6, 6.07) is 10.5. The first-order valence-corrected chi connectivity index (χ1v) is 8.12. The molecule has 0 bridgehead atoms. The largest absolute Gasteiger partial charge is 0.347 e. The van der Waals surface area contributed by atoms with Crippen molar-refractivity contribution in [3.8, 4) is 0 Å². The monoisotopic (exact) mass is 304 g/mol. The normalized spacial score (nSPS) is 30.7. The highest BCUT2D eigenvalue weighted by Gasteiger charge is 2.59. The summed E-state index contributed by atoms with van der Waals surface area (Å²) in [7, 11) is 0. The zero-order valence-corrected chi connectivity index (χ0v) is 14.0. The molecular weight excluding hydrogens is 276 g/mol. The molecule has 122 valence electrons. The third kappa shape index (κ3) is 2.81. The van der Waals surface area contributed by atoms with Crippen molar-refractivity contribution in [2.24, 2.45) is 16.6 Å².